The van der Waals surface area contributed by atoms with E-state index in [-0.39, 0.29) is 29.7 Å². The van der Waals surface area contributed by atoms with Crippen LogP contribution in [-0.4, -0.2) is 55.3 Å². The van der Waals surface area contributed by atoms with Gasteiger partial charge in [0.15, 0.2) is 5.76 Å². The zero-order valence-electron chi connectivity index (χ0n) is 27.9. The van der Waals surface area contributed by atoms with Gasteiger partial charge < -0.3 is 30.2 Å². The molecular weight excluding hydrogens is 598 g/mol. The van der Waals surface area contributed by atoms with Crippen LogP contribution in [0.15, 0.2) is 71.2 Å². The highest BCUT2D eigenvalue weighted by Gasteiger charge is 2.32. The van der Waals surface area contributed by atoms with Gasteiger partial charge in [-0.3, -0.25) is 9.59 Å². The average Bonchev–Trinajstić information content (AvgIpc) is 2.93. The molecule has 0 bridgehead atoms. The molecule has 0 spiro atoms. The van der Waals surface area contributed by atoms with Crippen molar-refractivity contribution in [3.8, 4) is 0 Å². The molecule has 10 nitrogen and oxygen atoms in total. The maximum absolute atomic E-state index is 13.0. The molecule has 250 valence electrons. The number of methoxy groups -OCH3 is 1. The molecule has 45 heavy (non-hydrogen) atoms. The Morgan fingerprint density at radius 3 is 2.33 bits per heavy atom. The van der Waals surface area contributed by atoms with Gasteiger partial charge in [-0.05, 0) is 45.4 Å². The van der Waals surface area contributed by atoms with Gasteiger partial charge in [-0.25, -0.2) is 9.59 Å². The van der Waals surface area contributed by atoms with Gasteiger partial charge in [0.1, 0.15) is 18.2 Å². The van der Waals surface area contributed by atoms with E-state index in [1.807, 2.05) is 60.6 Å². The van der Waals surface area contributed by atoms with E-state index in [1.165, 1.54) is 19.4 Å². The van der Waals surface area contributed by atoms with Crippen LogP contribution in [0.25, 0.3) is 0 Å². The fourth-order valence-electron chi connectivity index (χ4n) is 4.18. The molecule has 1 unspecified atom stereocenters. The normalized spacial score (nSPS) is 18.4. The summed E-state index contributed by atoms with van der Waals surface area (Å²) in [5.74, 6) is -1.07. The van der Waals surface area contributed by atoms with E-state index in [2.05, 4.69) is 16.0 Å². The summed E-state index contributed by atoms with van der Waals surface area (Å²) < 4.78 is 15.9. The van der Waals surface area contributed by atoms with Gasteiger partial charge in [0.05, 0.1) is 7.11 Å². The lowest BCUT2D eigenvalue weighted by atomic mass is 9.86. The Hall–Kier alpha value is -3.79. The fourth-order valence-corrected chi connectivity index (χ4v) is 4.27. The van der Waals surface area contributed by atoms with Crippen molar-refractivity contribution in [2.24, 2.45) is 11.3 Å². The zero-order chi connectivity index (χ0) is 34.2. The first-order valence-corrected chi connectivity index (χ1v) is 15.4. The first-order chi connectivity index (χ1) is 21.0. The van der Waals surface area contributed by atoms with Crippen LogP contribution < -0.4 is 16.0 Å². The summed E-state index contributed by atoms with van der Waals surface area (Å²) in [7, 11) is 1.44. The molecule has 0 saturated heterocycles. The van der Waals surface area contributed by atoms with Crippen LogP contribution in [0.1, 0.15) is 74.7 Å². The van der Waals surface area contributed by atoms with Crippen molar-refractivity contribution in [1.82, 2.24) is 16.0 Å². The summed E-state index contributed by atoms with van der Waals surface area (Å²) in [4.78, 5) is 49.6. The Morgan fingerprint density at radius 1 is 1.09 bits per heavy atom. The molecular formula is C34H50ClN3O7. The minimum Gasteiger partial charge on any atom is -0.490 e. The number of hydrogen-bond acceptors (Lipinski definition) is 7. The van der Waals surface area contributed by atoms with E-state index in [0.717, 1.165) is 5.57 Å². The van der Waals surface area contributed by atoms with Crippen LogP contribution in [0, 0.1) is 11.3 Å². The Morgan fingerprint density at radius 2 is 1.76 bits per heavy atom. The summed E-state index contributed by atoms with van der Waals surface area (Å²) in [6, 6.07) is -0.884. The third-order valence-corrected chi connectivity index (χ3v) is 6.70. The van der Waals surface area contributed by atoms with E-state index in [4.69, 9.17) is 25.8 Å². The Kier molecular flexibility index (Phi) is 17.1. The third-order valence-electron chi connectivity index (χ3n) is 6.54. The van der Waals surface area contributed by atoms with Crippen LogP contribution in [-0.2, 0) is 28.6 Å². The molecule has 3 N–H and O–H groups in total. The van der Waals surface area contributed by atoms with E-state index in [1.54, 1.807) is 37.3 Å². The second-order valence-corrected chi connectivity index (χ2v) is 12.8. The fraction of sp³-hybridized carbons (Fsp3) is 0.529. The van der Waals surface area contributed by atoms with Gasteiger partial charge in [0.25, 0.3) is 0 Å². The maximum atomic E-state index is 13.0. The summed E-state index contributed by atoms with van der Waals surface area (Å²) >= 11 is 5.94. The Labute approximate surface area is 273 Å². The quantitative estimate of drug-likeness (QED) is 0.111. The summed E-state index contributed by atoms with van der Waals surface area (Å²) in [6.45, 7) is 14.9. The minimum atomic E-state index is -0.817. The van der Waals surface area contributed by atoms with Crippen molar-refractivity contribution in [1.29, 1.82) is 0 Å². The van der Waals surface area contributed by atoms with Gasteiger partial charge in [-0.2, -0.15) is 0 Å². The van der Waals surface area contributed by atoms with Crippen LogP contribution in [0.5, 0.6) is 0 Å². The predicted octanol–water partition coefficient (Wildman–Crippen LogP) is 6.11. The topological polar surface area (TPSA) is 132 Å². The molecule has 1 rings (SSSR count). The number of allylic oxidation sites excluding steroid dienone is 5. The lowest BCUT2D eigenvalue weighted by Crippen LogP contribution is -2.52. The molecule has 0 aromatic heterocycles. The summed E-state index contributed by atoms with van der Waals surface area (Å²) in [5.41, 5.74) is 0.364. The number of esters is 1. The Balaban J connectivity index is 2.73. The van der Waals surface area contributed by atoms with Gasteiger partial charge in [0, 0.05) is 42.3 Å². The second kappa shape index (κ2) is 19.6. The molecule has 0 aliphatic carbocycles. The predicted molar refractivity (Wildman–Crippen MR) is 177 cm³/mol. The SMILES string of the molecule is COC1=CC[C@@H]([C@@H](C)/C=C(C)/C=C\C=C\C(=O)N[C@H](C(=O)N/C=C\CC(C/C=C(\C)Cl)OC(=O)NC(C)C)C(C)(C)C)OC1=O. The third kappa shape index (κ3) is 16.2. The maximum Gasteiger partial charge on any atom is 0.407 e. The molecule has 0 saturated carbocycles. The van der Waals surface area contributed by atoms with Crippen LogP contribution in [0.4, 0.5) is 4.79 Å². The number of cyclic esters (lactones) is 1. The van der Waals surface area contributed by atoms with Crippen molar-refractivity contribution in [2.75, 3.05) is 7.11 Å². The molecule has 1 heterocycles. The van der Waals surface area contributed by atoms with Crippen molar-refractivity contribution >= 4 is 35.5 Å². The molecule has 0 aromatic rings. The number of amides is 3. The number of carbonyl (C=O) groups excluding carboxylic acids is 4. The van der Waals surface area contributed by atoms with Gasteiger partial charge >= 0.3 is 12.1 Å². The molecule has 4 atom stereocenters. The highest BCUT2D eigenvalue weighted by atomic mass is 35.5. The monoisotopic (exact) mass is 647 g/mol. The molecule has 0 aromatic carbocycles. The average molecular weight is 648 g/mol. The highest BCUT2D eigenvalue weighted by Crippen LogP contribution is 2.23. The van der Waals surface area contributed by atoms with Crippen molar-refractivity contribution in [2.45, 2.75) is 98.9 Å². The number of halogens is 1. The van der Waals surface area contributed by atoms with Gasteiger partial charge in [0.2, 0.25) is 11.8 Å². The second-order valence-electron chi connectivity index (χ2n) is 12.2. The smallest absolute Gasteiger partial charge is 0.407 e. The molecule has 0 fully saturated rings. The molecule has 1 aliphatic rings. The lowest BCUT2D eigenvalue weighted by Gasteiger charge is -2.29. The molecule has 3 amide bonds. The van der Waals surface area contributed by atoms with Crippen molar-refractivity contribution < 1.29 is 33.4 Å². The van der Waals surface area contributed by atoms with E-state index in [0.29, 0.717) is 24.3 Å². The van der Waals surface area contributed by atoms with Crippen LogP contribution in [0.2, 0.25) is 0 Å². The van der Waals surface area contributed by atoms with Crippen molar-refractivity contribution in [3.63, 3.8) is 0 Å². The molecule has 1 aliphatic heterocycles. The number of nitrogens with one attached hydrogen (secondary N) is 3. The lowest BCUT2D eigenvalue weighted by molar-refractivity contribution is -0.151. The first kappa shape index (κ1) is 39.2. The number of carbonyl (C=O) groups is 4. The van der Waals surface area contributed by atoms with Crippen LogP contribution in [0.3, 0.4) is 0 Å². The number of ether oxygens (including phenoxy) is 3. The molecule has 11 heteroatoms. The minimum absolute atomic E-state index is 0.0184. The van der Waals surface area contributed by atoms with Crippen molar-refractivity contribution in [3.05, 3.63) is 71.2 Å². The van der Waals surface area contributed by atoms with E-state index in [9.17, 15) is 19.2 Å². The standard InChI is InChI=1S/C34H50ClN3O7/c1-22(2)37-33(42)44-26(17-16-25(5)35)14-12-20-36-31(40)30(34(6,7)8)38-29(39)15-11-10-13-23(3)21-24(4)27-18-19-28(43-9)32(41)45-27/h10-13,15-16,19-22,24,26-27,30H,14,17-18H2,1-9H3,(H,36,40)(H,37,42)(H,38,39)/b13-10-,15-11+,20-12-,23-21+,25-16+/t24-,26?,27-,30+/m0/s1. The highest BCUT2D eigenvalue weighted by molar-refractivity contribution is 6.29. The van der Waals surface area contributed by atoms with Gasteiger partial charge in [-0.15, -0.1) is 0 Å². The van der Waals surface area contributed by atoms with E-state index < -0.39 is 35.5 Å². The largest absolute Gasteiger partial charge is 0.490 e. The van der Waals surface area contributed by atoms with E-state index >= 15 is 0 Å². The van der Waals surface area contributed by atoms with Gasteiger partial charge in [-0.1, -0.05) is 81.3 Å². The number of alkyl carbamates (subject to hydrolysis) is 1. The zero-order valence-corrected chi connectivity index (χ0v) is 28.7. The summed E-state index contributed by atoms with van der Waals surface area (Å²) in [6.07, 6.45) is 15.2. The first-order valence-electron chi connectivity index (χ1n) is 15.1. The number of hydrogen-bond donors (Lipinski definition) is 3. The Bertz CT molecular complexity index is 1200. The van der Waals surface area contributed by atoms with Crippen LogP contribution >= 0.6 is 11.6 Å². The molecule has 0 radical (unpaired) electrons. The number of rotatable bonds is 15. The summed E-state index contributed by atoms with van der Waals surface area (Å²) in [5, 5.41) is 8.76.